The van der Waals surface area contributed by atoms with Gasteiger partial charge in [-0.2, -0.15) is 4.31 Å². The summed E-state index contributed by atoms with van der Waals surface area (Å²) in [7, 11) is -3.53. The Morgan fingerprint density at radius 2 is 1.75 bits per heavy atom. The van der Waals surface area contributed by atoms with Gasteiger partial charge in [-0.05, 0) is 37.0 Å². The molecule has 0 aromatic heterocycles. The number of amides is 3. The lowest BCUT2D eigenvalue weighted by Crippen LogP contribution is -3.15. The first-order valence-electron chi connectivity index (χ1n) is 9.79. The molecule has 1 heterocycles. The molecule has 1 aliphatic heterocycles. The third kappa shape index (κ3) is 5.76. The topological polar surface area (TPSA) is 100 Å². The number of hydrogen-bond acceptors (Lipinski definition) is 4. The van der Waals surface area contributed by atoms with Crippen molar-refractivity contribution in [3.63, 3.8) is 0 Å². The van der Waals surface area contributed by atoms with Crippen LogP contribution in [0.3, 0.4) is 0 Å². The summed E-state index contributed by atoms with van der Waals surface area (Å²) in [4.78, 5) is 24.5. The van der Waals surface area contributed by atoms with Crippen molar-refractivity contribution in [1.29, 1.82) is 0 Å². The van der Waals surface area contributed by atoms with Gasteiger partial charge in [0.2, 0.25) is 10.0 Å². The van der Waals surface area contributed by atoms with Gasteiger partial charge in [0.15, 0.2) is 6.54 Å². The van der Waals surface area contributed by atoms with Gasteiger partial charge in [0, 0.05) is 6.54 Å². The SMILES string of the molecule is CCNC(=O)NC(=O)C[NH+]1CCN(S(=O)(=O)c2ccc([C@H](C)CC)cc2)CC1. The summed E-state index contributed by atoms with van der Waals surface area (Å²) in [6.45, 7) is 8.32. The van der Waals surface area contributed by atoms with Gasteiger partial charge in [-0.3, -0.25) is 10.1 Å². The minimum atomic E-state index is -3.53. The first-order chi connectivity index (χ1) is 13.3. The van der Waals surface area contributed by atoms with Gasteiger partial charge in [-0.1, -0.05) is 26.0 Å². The lowest BCUT2D eigenvalue weighted by atomic mass is 9.99. The van der Waals surface area contributed by atoms with Crippen LogP contribution in [0.15, 0.2) is 29.2 Å². The normalized spacial score (nSPS) is 17.1. The molecule has 0 saturated carbocycles. The largest absolute Gasteiger partial charge is 0.338 e. The predicted molar refractivity (Wildman–Crippen MR) is 107 cm³/mol. The lowest BCUT2D eigenvalue weighted by Gasteiger charge is -2.31. The van der Waals surface area contributed by atoms with E-state index in [1.54, 1.807) is 19.1 Å². The Morgan fingerprint density at radius 1 is 1.14 bits per heavy atom. The van der Waals surface area contributed by atoms with Crippen LogP contribution in [0.5, 0.6) is 0 Å². The Kier molecular flexibility index (Phi) is 7.97. The fraction of sp³-hybridized carbons (Fsp3) is 0.579. The highest BCUT2D eigenvalue weighted by Crippen LogP contribution is 2.22. The number of piperazine rings is 1. The van der Waals surface area contributed by atoms with Gasteiger partial charge < -0.3 is 10.2 Å². The summed E-state index contributed by atoms with van der Waals surface area (Å²) in [5.41, 5.74) is 1.13. The second-order valence-corrected chi connectivity index (χ2v) is 9.05. The number of benzene rings is 1. The molecule has 3 N–H and O–H groups in total. The second kappa shape index (κ2) is 9.99. The highest BCUT2D eigenvalue weighted by Gasteiger charge is 2.31. The zero-order chi connectivity index (χ0) is 20.7. The highest BCUT2D eigenvalue weighted by atomic mass is 32.2. The maximum Gasteiger partial charge on any atom is 0.321 e. The van der Waals surface area contributed by atoms with E-state index in [-0.39, 0.29) is 12.5 Å². The van der Waals surface area contributed by atoms with Crippen LogP contribution in [0.25, 0.3) is 0 Å². The van der Waals surface area contributed by atoms with Crippen LogP contribution in [0.4, 0.5) is 4.79 Å². The maximum absolute atomic E-state index is 12.9. The summed E-state index contributed by atoms with van der Waals surface area (Å²) >= 11 is 0. The van der Waals surface area contributed by atoms with Gasteiger partial charge in [0.25, 0.3) is 5.91 Å². The van der Waals surface area contributed by atoms with Crippen molar-refractivity contribution in [2.24, 2.45) is 0 Å². The summed E-state index contributed by atoms with van der Waals surface area (Å²) in [6.07, 6.45) is 1.00. The molecule has 0 unspecified atom stereocenters. The zero-order valence-electron chi connectivity index (χ0n) is 16.8. The monoisotopic (exact) mass is 411 g/mol. The molecule has 0 aliphatic carbocycles. The average molecular weight is 412 g/mol. The summed E-state index contributed by atoms with van der Waals surface area (Å²) in [6, 6.07) is 6.61. The number of rotatable bonds is 7. The number of hydrogen-bond donors (Lipinski definition) is 3. The van der Waals surface area contributed by atoms with Crippen molar-refractivity contribution >= 4 is 22.0 Å². The van der Waals surface area contributed by atoms with Crippen molar-refractivity contribution in [2.75, 3.05) is 39.3 Å². The molecule has 3 amide bonds. The molecule has 1 atom stereocenters. The standard InChI is InChI=1S/C19H30N4O4S/c1-4-15(3)16-6-8-17(9-7-16)28(26,27)23-12-10-22(11-13-23)14-18(24)21-19(25)20-5-2/h6-9,15H,4-5,10-14H2,1-3H3,(H2,20,21,24,25)/p+1/t15-/m1/s1. The van der Waals surface area contributed by atoms with E-state index in [9.17, 15) is 18.0 Å². The molecule has 28 heavy (non-hydrogen) atoms. The average Bonchev–Trinajstić information content (AvgIpc) is 2.68. The van der Waals surface area contributed by atoms with Crippen molar-refractivity contribution in [3.05, 3.63) is 29.8 Å². The van der Waals surface area contributed by atoms with Crippen LogP contribution >= 0.6 is 0 Å². The third-order valence-electron chi connectivity index (χ3n) is 5.13. The minimum Gasteiger partial charge on any atom is -0.338 e. The fourth-order valence-electron chi connectivity index (χ4n) is 3.18. The number of quaternary nitrogens is 1. The zero-order valence-corrected chi connectivity index (χ0v) is 17.6. The molecule has 1 fully saturated rings. The first-order valence-corrected chi connectivity index (χ1v) is 11.2. The summed E-state index contributed by atoms with van der Waals surface area (Å²) in [5.74, 6) is 0.0346. The van der Waals surface area contributed by atoms with Crippen molar-refractivity contribution in [2.45, 2.75) is 38.0 Å². The molecule has 0 bridgehead atoms. The van der Waals surface area contributed by atoms with E-state index in [4.69, 9.17) is 0 Å². The van der Waals surface area contributed by atoms with E-state index in [0.29, 0.717) is 43.5 Å². The van der Waals surface area contributed by atoms with Crippen molar-refractivity contribution in [3.8, 4) is 0 Å². The molecule has 0 radical (unpaired) electrons. The number of imide groups is 1. The van der Waals surface area contributed by atoms with Crippen LogP contribution in [0.2, 0.25) is 0 Å². The van der Waals surface area contributed by atoms with Gasteiger partial charge in [-0.25, -0.2) is 13.2 Å². The first kappa shape index (κ1) is 22.3. The molecule has 156 valence electrons. The second-order valence-electron chi connectivity index (χ2n) is 7.12. The Balaban J connectivity index is 1.91. The highest BCUT2D eigenvalue weighted by molar-refractivity contribution is 7.89. The maximum atomic E-state index is 12.9. The third-order valence-corrected chi connectivity index (χ3v) is 7.04. The quantitative estimate of drug-likeness (QED) is 0.585. The number of carbonyl (C=O) groups is 2. The van der Waals surface area contributed by atoms with Crippen LogP contribution in [0.1, 0.15) is 38.7 Å². The lowest BCUT2D eigenvalue weighted by molar-refractivity contribution is -0.895. The molecular formula is C19H31N4O4S+. The number of carbonyl (C=O) groups excluding carboxylic acids is 2. The van der Waals surface area contributed by atoms with Gasteiger partial charge in [0.1, 0.15) is 0 Å². The van der Waals surface area contributed by atoms with Crippen LogP contribution in [-0.4, -0.2) is 63.9 Å². The van der Waals surface area contributed by atoms with E-state index in [1.807, 2.05) is 12.1 Å². The summed E-state index contributed by atoms with van der Waals surface area (Å²) in [5, 5.41) is 4.78. The van der Waals surface area contributed by atoms with E-state index in [2.05, 4.69) is 24.5 Å². The van der Waals surface area contributed by atoms with E-state index < -0.39 is 16.1 Å². The Bertz CT molecular complexity index is 772. The molecule has 1 aromatic rings. The number of nitrogens with one attached hydrogen (secondary N) is 3. The molecule has 0 spiro atoms. The molecule has 8 nitrogen and oxygen atoms in total. The number of urea groups is 1. The molecule has 2 rings (SSSR count). The van der Waals surface area contributed by atoms with Crippen molar-refractivity contribution < 1.29 is 22.9 Å². The molecule has 1 aromatic carbocycles. The van der Waals surface area contributed by atoms with Crippen LogP contribution in [-0.2, 0) is 14.8 Å². The van der Waals surface area contributed by atoms with Gasteiger partial charge in [-0.15, -0.1) is 0 Å². The van der Waals surface area contributed by atoms with E-state index in [0.717, 1.165) is 16.9 Å². The molecule has 1 aliphatic rings. The molecule has 9 heteroatoms. The van der Waals surface area contributed by atoms with Gasteiger partial charge in [0.05, 0.1) is 31.1 Å². The van der Waals surface area contributed by atoms with Crippen molar-refractivity contribution in [1.82, 2.24) is 14.9 Å². The number of sulfonamides is 1. The van der Waals surface area contributed by atoms with E-state index in [1.165, 1.54) is 4.31 Å². The van der Waals surface area contributed by atoms with Crippen LogP contribution in [0, 0.1) is 0 Å². The molecular weight excluding hydrogens is 380 g/mol. The smallest absolute Gasteiger partial charge is 0.321 e. The number of nitrogens with zero attached hydrogens (tertiary/aromatic N) is 1. The van der Waals surface area contributed by atoms with Crippen LogP contribution < -0.4 is 15.5 Å². The van der Waals surface area contributed by atoms with E-state index >= 15 is 0 Å². The Labute approximate surface area is 167 Å². The van der Waals surface area contributed by atoms with Gasteiger partial charge >= 0.3 is 6.03 Å². The Morgan fingerprint density at radius 3 is 2.29 bits per heavy atom. The molecule has 1 saturated heterocycles. The minimum absolute atomic E-state index is 0.147. The predicted octanol–water partition coefficient (Wildman–Crippen LogP) is -0.0650. The Hall–Kier alpha value is -1.97. The summed E-state index contributed by atoms with van der Waals surface area (Å²) < 4.78 is 27.2. The fourth-order valence-corrected chi connectivity index (χ4v) is 4.62.